The number of hydrogen-bond acceptors (Lipinski definition) is 4. The monoisotopic (exact) mass is 279 g/mol. The topological polar surface area (TPSA) is 69.4 Å². The van der Waals surface area contributed by atoms with Crippen LogP contribution in [0, 0.1) is 0 Å². The Balaban J connectivity index is 2.83. The number of hydrogen-bond donors (Lipinski definition) is 1. The summed E-state index contributed by atoms with van der Waals surface area (Å²) in [5, 5.41) is 0. The van der Waals surface area contributed by atoms with Crippen molar-refractivity contribution in [2.75, 3.05) is 7.11 Å². The molecule has 4 nitrogen and oxygen atoms in total. The van der Waals surface area contributed by atoms with Gasteiger partial charge in [-0.2, -0.15) is 0 Å². The Bertz CT molecular complexity index is 397. The maximum absolute atomic E-state index is 12.2. The van der Waals surface area contributed by atoms with Crippen LogP contribution in [0.25, 0.3) is 0 Å². The molecule has 0 aliphatic heterocycles. The number of carbonyl (C=O) groups excluding carboxylic acids is 2. The molecule has 1 aliphatic rings. The Morgan fingerprint density at radius 3 is 2.20 bits per heavy atom. The third kappa shape index (κ3) is 6.04. The van der Waals surface area contributed by atoms with Crippen LogP contribution in [-0.4, -0.2) is 18.9 Å². The quantitative estimate of drug-likeness (QED) is 0.623. The number of ether oxygens (including phenoxy) is 1. The normalized spacial score (nSPS) is 23.1. The fourth-order valence-corrected chi connectivity index (χ4v) is 2.35. The smallest absolute Gasteiger partial charge is 0.330 e. The summed E-state index contributed by atoms with van der Waals surface area (Å²) in [5.74, 6) is -0.438. The summed E-state index contributed by atoms with van der Waals surface area (Å²) < 4.78 is 4.55. The SMILES string of the molecule is COC(=O)/C=C/C1=C(/N)CCCCCCCCCC1=O. The fourth-order valence-electron chi connectivity index (χ4n) is 2.35. The van der Waals surface area contributed by atoms with Gasteiger partial charge in [0.2, 0.25) is 0 Å². The van der Waals surface area contributed by atoms with Gasteiger partial charge >= 0.3 is 5.97 Å². The Morgan fingerprint density at radius 1 is 1.05 bits per heavy atom. The molecule has 4 heteroatoms. The highest BCUT2D eigenvalue weighted by Crippen LogP contribution is 2.18. The summed E-state index contributed by atoms with van der Waals surface area (Å²) in [6.45, 7) is 0. The maximum atomic E-state index is 12.2. The van der Waals surface area contributed by atoms with Gasteiger partial charge in [-0.05, 0) is 25.3 Å². The first kappa shape index (κ1) is 16.5. The summed E-state index contributed by atoms with van der Waals surface area (Å²) in [4.78, 5) is 23.4. The lowest BCUT2D eigenvalue weighted by atomic mass is 9.97. The average Bonchev–Trinajstić information content (AvgIpc) is 2.44. The minimum atomic E-state index is -0.468. The summed E-state index contributed by atoms with van der Waals surface area (Å²) in [7, 11) is 1.31. The number of nitrogens with two attached hydrogens (primary N) is 1. The van der Waals surface area contributed by atoms with Gasteiger partial charge in [-0.1, -0.05) is 32.1 Å². The van der Waals surface area contributed by atoms with Crippen molar-refractivity contribution in [3.8, 4) is 0 Å². The van der Waals surface area contributed by atoms with Gasteiger partial charge in [-0.25, -0.2) is 4.79 Å². The second-order valence-electron chi connectivity index (χ2n) is 5.19. The molecule has 0 saturated heterocycles. The number of carbonyl (C=O) groups is 2. The Kier molecular flexibility index (Phi) is 7.70. The molecule has 0 saturated carbocycles. The van der Waals surface area contributed by atoms with Gasteiger partial charge in [-0.3, -0.25) is 4.79 Å². The molecule has 0 radical (unpaired) electrons. The van der Waals surface area contributed by atoms with Crippen LogP contribution in [0.2, 0.25) is 0 Å². The van der Waals surface area contributed by atoms with E-state index in [9.17, 15) is 9.59 Å². The van der Waals surface area contributed by atoms with E-state index in [1.165, 1.54) is 38.5 Å². The van der Waals surface area contributed by atoms with Gasteiger partial charge in [-0.15, -0.1) is 0 Å². The second-order valence-corrected chi connectivity index (χ2v) is 5.19. The molecular weight excluding hydrogens is 254 g/mol. The molecule has 0 aromatic heterocycles. The van der Waals surface area contributed by atoms with Crippen LogP contribution in [0.4, 0.5) is 0 Å². The molecule has 2 N–H and O–H groups in total. The Morgan fingerprint density at radius 2 is 1.60 bits per heavy atom. The van der Waals surface area contributed by atoms with Crippen LogP contribution in [0.15, 0.2) is 23.4 Å². The molecule has 1 rings (SSSR count). The van der Waals surface area contributed by atoms with E-state index < -0.39 is 5.97 Å². The highest BCUT2D eigenvalue weighted by molar-refractivity contribution is 5.99. The van der Waals surface area contributed by atoms with Crippen LogP contribution < -0.4 is 5.73 Å². The molecular formula is C16H25NO3. The first-order valence-electron chi connectivity index (χ1n) is 7.43. The molecule has 1 aliphatic carbocycles. The van der Waals surface area contributed by atoms with Gasteiger partial charge in [0.25, 0.3) is 0 Å². The largest absolute Gasteiger partial charge is 0.466 e. The van der Waals surface area contributed by atoms with Crippen LogP contribution in [-0.2, 0) is 14.3 Å². The van der Waals surface area contributed by atoms with E-state index >= 15 is 0 Å². The lowest BCUT2D eigenvalue weighted by molar-refractivity contribution is -0.134. The summed E-state index contributed by atoms with van der Waals surface area (Å²) >= 11 is 0. The number of esters is 1. The van der Waals surface area contributed by atoms with Crippen molar-refractivity contribution >= 4 is 11.8 Å². The van der Waals surface area contributed by atoms with E-state index in [4.69, 9.17) is 5.73 Å². The molecule has 0 fully saturated rings. The minimum absolute atomic E-state index is 0.0308. The third-order valence-electron chi connectivity index (χ3n) is 3.58. The van der Waals surface area contributed by atoms with Crippen molar-refractivity contribution in [1.29, 1.82) is 0 Å². The number of allylic oxidation sites excluding steroid dienone is 3. The Labute approximate surface area is 121 Å². The molecule has 0 unspecified atom stereocenters. The van der Waals surface area contributed by atoms with Crippen molar-refractivity contribution in [3.05, 3.63) is 23.4 Å². The molecule has 112 valence electrons. The van der Waals surface area contributed by atoms with Crippen molar-refractivity contribution in [2.24, 2.45) is 5.73 Å². The number of rotatable bonds is 2. The summed E-state index contributed by atoms with van der Waals surface area (Å²) in [5.41, 5.74) is 7.11. The first-order valence-corrected chi connectivity index (χ1v) is 7.43. The zero-order valence-corrected chi connectivity index (χ0v) is 12.3. The molecule has 0 aromatic rings. The van der Waals surface area contributed by atoms with Crippen LogP contribution >= 0.6 is 0 Å². The van der Waals surface area contributed by atoms with Gasteiger partial charge in [0.05, 0.1) is 7.11 Å². The first-order chi connectivity index (χ1) is 9.65. The standard InChI is InChI=1S/C16H25NO3/c1-20-16(19)12-11-13-14(17)9-7-5-3-2-4-6-8-10-15(13)18/h11-12H,2-10,17H2,1H3/b12-11+,14-13-. The average molecular weight is 279 g/mol. The van der Waals surface area contributed by atoms with Gasteiger partial charge in [0, 0.05) is 23.8 Å². The van der Waals surface area contributed by atoms with Gasteiger partial charge in [0.1, 0.15) is 0 Å². The molecule has 0 aromatic carbocycles. The Hall–Kier alpha value is -1.58. The predicted molar refractivity (Wildman–Crippen MR) is 78.9 cm³/mol. The van der Waals surface area contributed by atoms with Crippen LogP contribution in [0.3, 0.4) is 0 Å². The summed E-state index contributed by atoms with van der Waals surface area (Å²) in [6.07, 6.45) is 11.8. The van der Waals surface area contributed by atoms with Crippen molar-refractivity contribution in [1.82, 2.24) is 0 Å². The number of Topliss-reactive ketones (excluding diaryl/α,β-unsaturated/α-hetero) is 1. The molecule has 20 heavy (non-hydrogen) atoms. The fraction of sp³-hybridized carbons (Fsp3) is 0.625. The zero-order valence-electron chi connectivity index (χ0n) is 12.3. The zero-order chi connectivity index (χ0) is 14.8. The molecule has 0 heterocycles. The van der Waals surface area contributed by atoms with Gasteiger partial charge in [0.15, 0.2) is 5.78 Å². The molecule has 0 spiro atoms. The second kappa shape index (κ2) is 9.34. The lowest BCUT2D eigenvalue weighted by Crippen LogP contribution is -2.11. The van der Waals surface area contributed by atoms with Crippen LogP contribution in [0.1, 0.15) is 57.8 Å². The predicted octanol–water partition coefficient (Wildman–Crippen LogP) is 3.02. The molecule has 0 amide bonds. The molecule has 0 atom stereocenters. The van der Waals surface area contributed by atoms with Crippen molar-refractivity contribution in [2.45, 2.75) is 57.8 Å². The number of ketones is 1. The van der Waals surface area contributed by atoms with Crippen molar-refractivity contribution in [3.63, 3.8) is 0 Å². The number of methoxy groups -OCH3 is 1. The third-order valence-corrected chi connectivity index (χ3v) is 3.58. The van der Waals surface area contributed by atoms with E-state index in [1.54, 1.807) is 0 Å². The highest BCUT2D eigenvalue weighted by atomic mass is 16.5. The lowest BCUT2D eigenvalue weighted by Gasteiger charge is -2.10. The van der Waals surface area contributed by atoms with Crippen molar-refractivity contribution < 1.29 is 14.3 Å². The van der Waals surface area contributed by atoms with E-state index in [0.29, 0.717) is 24.1 Å². The summed E-state index contributed by atoms with van der Waals surface area (Å²) in [6, 6.07) is 0. The molecule has 0 bridgehead atoms. The van der Waals surface area contributed by atoms with Crippen LogP contribution in [0.5, 0.6) is 0 Å². The maximum Gasteiger partial charge on any atom is 0.330 e. The van der Waals surface area contributed by atoms with E-state index in [2.05, 4.69) is 4.74 Å². The van der Waals surface area contributed by atoms with E-state index in [0.717, 1.165) is 25.7 Å². The van der Waals surface area contributed by atoms with E-state index in [-0.39, 0.29) is 5.78 Å². The highest BCUT2D eigenvalue weighted by Gasteiger charge is 2.12. The minimum Gasteiger partial charge on any atom is -0.466 e. The van der Waals surface area contributed by atoms with E-state index in [1.807, 2.05) is 0 Å². The van der Waals surface area contributed by atoms with Gasteiger partial charge < -0.3 is 10.5 Å².